The molecule has 0 saturated carbocycles. The van der Waals surface area contributed by atoms with Gasteiger partial charge >= 0.3 is 5.97 Å². The molecule has 0 aliphatic carbocycles. The summed E-state index contributed by atoms with van der Waals surface area (Å²) in [7, 11) is 0. The summed E-state index contributed by atoms with van der Waals surface area (Å²) < 4.78 is 0. The molecule has 0 spiro atoms. The molecule has 0 heterocycles. The van der Waals surface area contributed by atoms with Gasteiger partial charge in [0.15, 0.2) is 0 Å². The number of hydrogen-bond donors (Lipinski definition) is 3. The van der Waals surface area contributed by atoms with Gasteiger partial charge in [-0.1, -0.05) is 0 Å². The Morgan fingerprint density at radius 2 is 2.07 bits per heavy atom. The van der Waals surface area contributed by atoms with Gasteiger partial charge in [-0.25, -0.2) is 4.79 Å². The largest absolute Gasteiger partial charge is 0.480 e. The molecule has 0 aliphatic heterocycles. The summed E-state index contributed by atoms with van der Waals surface area (Å²) in [4.78, 5) is 21.3. The van der Waals surface area contributed by atoms with Crippen LogP contribution in [0.5, 0.6) is 0 Å². The molecule has 88 valence electrons. The fraction of sp³-hybridized carbons (Fsp3) is 0.750. The lowest BCUT2D eigenvalue weighted by molar-refractivity contribution is -0.140. The zero-order valence-corrected chi connectivity index (χ0v) is 9.85. The molecule has 0 bridgehead atoms. The van der Waals surface area contributed by atoms with Gasteiger partial charge in [0, 0.05) is 24.3 Å². The van der Waals surface area contributed by atoms with Crippen molar-refractivity contribution in [3.05, 3.63) is 0 Å². The lowest BCUT2D eigenvalue weighted by Crippen LogP contribution is -2.41. The van der Waals surface area contributed by atoms with Crippen LogP contribution in [0.15, 0.2) is 0 Å². The first-order valence-corrected chi connectivity index (χ1v) is 5.98. The van der Waals surface area contributed by atoms with Crippen molar-refractivity contribution in [2.45, 2.75) is 19.1 Å². The van der Waals surface area contributed by atoms with Crippen molar-refractivity contribution in [2.75, 3.05) is 17.4 Å². The number of nitrogens with one attached hydrogen (secondary N) is 1. The second kappa shape index (κ2) is 7.78. The van der Waals surface area contributed by atoms with E-state index in [1.807, 2.05) is 0 Å². The molecular weight excluding hydrogens is 242 g/mol. The molecule has 0 fully saturated rings. The first-order valence-electron chi connectivity index (χ1n) is 4.29. The summed E-state index contributed by atoms with van der Waals surface area (Å²) in [5.74, 6) is -0.792. The van der Waals surface area contributed by atoms with E-state index in [4.69, 9.17) is 21.8 Å². The van der Waals surface area contributed by atoms with Crippen molar-refractivity contribution in [3.63, 3.8) is 0 Å². The summed E-state index contributed by atoms with van der Waals surface area (Å²) in [5, 5.41) is 20.1. The molecule has 0 rings (SSSR count). The van der Waals surface area contributed by atoms with Crippen LogP contribution in [-0.4, -0.2) is 51.6 Å². The standard InChI is InChI=1S/C8H14ClNO4S/c1-5(11)10-7(8(13)14)4-15-3-6(12)2-9/h6-7,12H,2-4H2,1H3,(H,10,11)(H,13,14)/t6?,7-/m0/s1. The highest BCUT2D eigenvalue weighted by atomic mass is 35.5. The van der Waals surface area contributed by atoms with E-state index in [1.165, 1.54) is 18.7 Å². The van der Waals surface area contributed by atoms with Crippen LogP contribution < -0.4 is 5.32 Å². The van der Waals surface area contributed by atoms with Crippen LogP contribution in [0.4, 0.5) is 0 Å². The third-order valence-electron chi connectivity index (χ3n) is 1.45. The van der Waals surface area contributed by atoms with Gasteiger partial charge in [-0.15, -0.1) is 11.6 Å². The van der Waals surface area contributed by atoms with E-state index in [9.17, 15) is 9.59 Å². The first-order chi connectivity index (χ1) is 6.97. The van der Waals surface area contributed by atoms with E-state index in [0.717, 1.165) is 0 Å². The number of aliphatic hydroxyl groups excluding tert-OH is 1. The number of carbonyl (C=O) groups is 2. The van der Waals surface area contributed by atoms with Gasteiger partial charge in [0.25, 0.3) is 0 Å². The number of amides is 1. The molecular formula is C8H14ClNO4S. The lowest BCUT2D eigenvalue weighted by atomic mass is 10.3. The molecule has 3 N–H and O–H groups in total. The van der Waals surface area contributed by atoms with Crippen molar-refractivity contribution in [1.82, 2.24) is 5.32 Å². The molecule has 5 nitrogen and oxygen atoms in total. The highest BCUT2D eigenvalue weighted by Gasteiger charge is 2.18. The molecule has 2 atom stereocenters. The minimum Gasteiger partial charge on any atom is -0.480 e. The summed E-state index contributed by atoms with van der Waals surface area (Å²) in [6.07, 6.45) is -0.650. The Morgan fingerprint density at radius 3 is 2.47 bits per heavy atom. The highest BCUT2D eigenvalue weighted by Crippen LogP contribution is 2.06. The van der Waals surface area contributed by atoms with Gasteiger partial charge in [0.2, 0.25) is 5.91 Å². The topological polar surface area (TPSA) is 86.6 Å². The number of aliphatic carboxylic acids is 1. The predicted molar refractivity (Wildman–Crippen MR) is 59.3 cm³/mol. The Labute approximate surface area is 97.2 Å². The Hall–Kier alpha value is -0.460. The number of aliphatic hydroxyl groups is 1. The molecule has 15 heavy (non-hydrogen) atoms. The number of hydrogen-bond acceptors (Lipinski definition) is 4. The molecule has 0 aromatic rings. The maximum Gasteiger partial charge on any atom is 0.327 e. The first kappa shape index (κ1) is 14.5. The maximum atomic E-state index is 10.7. The van der Waals surface area contributed by atoms with E-state index >= 15 is 0 Å². The van der Waals surface area contributed by atoms with E-state index in [1.54, 1.807) is 0 Å². The van der Waals surface area contributed by atoms with Crippen LogP contribution in [0, 0.1) is 0 Å². The molecule has 1 unspecified atom stereocenters. The summed E-state index contributed by atoms with van der Waals surface area (Å²) >= 11 is 6.60. The van der Waals surface area contributed by atoms with Gasteiger partial charge in [0.1, 0.15) is 6.04 Å². The van der Waals surface area contributed by atoms with Gasteiger partial charge < -0.3 is 15.5 Å². The second-order valence-electron chi connectivity index (χ2n) is 2.94. The highest BCUT2D eigenvalue weighted by molar-refractivity contribution is 7.99. The lowest BCUT2D eigenvalue weighted by Gasteiger charge is -2.13. The molecule has 7 heteroatoms. The summed E-state index contributed by atoms with van der Waals surface area (Å²) in [6.45, 7) is 1.26. The molecule has 0 aliphatic rings. The van der Waals surface area contributed by atoms with E-state index in [0.29, 0.717) is 5.75 Å². The normalized spacial score (nSPS) is 14.3. The van der Waals surface area contributed by atoms with Crippen LogP contribution in [0.25, 0.3) is 0 Å². The van der Waals surface area contributed by atoms with E-state index in [2.05, 4.69) is 5.32 Å². The van der Waals surface area contributed by atoms with Crippen LogP contribution in [0.2, 0.25) is 0 Å². The smallest absolute Gasteiger partial charge is 0.327 e. The van der Waals surface area contributed by atoms with E-state index < -0.39 is 18.1 Å². The SMILES string of the molecule is CC(=O)N[C@@H](CSCC(O)CCl)C(=O)O. The number of halogens is 1. The Bertz CT molecular complexity index is 227. The zero-order valence-electron chi connectivity index (χ0n) is 8.27. The minimum absolute atomic E-state index is 0.116. The quantitative estimate of drug-likeness (QED) is 0.554. The summed E-state index contributed by atoms with van der Waals surface area (Å²) in [6, 6.07) is -0.921. The molecule has 0 radical (unpaired) electrons. The van der Waals surface area contributed by atoms with Crippen molar-refractivity contribution in [2.24, 2.45) is 0 Å². The molecule has 0 aromatic carbocycles. The van der Waals surface area contributed by atoms with Crippen molar-refractivity contribution in [3.8, 4) is 0 Å². The average Bonchev–Trinajstić information content (AvgIpc) is 2.15. The fourth-order valence-electron chi connectivity index (χ4n) is 0.787. The minimum atomic E-state index is -1.09. The van der Waals surface area contributed by atoms with Crippen molar-refractivity contribution in [1.29, 1.82) is 0 Å². The third kappa shape index (κ3) is 7.47. The summed E-state index contributed by atoms with van der Waals surface area (Å²) in [5.41, 5.74) is 0. The van der Waals surface area contributed by atoms with Gasteiger partial charge in [0.05, 0.1) is 6.10 Å². The Balaban J connectivity index is 3.86. The van der Waals surface area contributed by atoms with Crippen molar-refractivity contribution >= 4 is 35.2 Å². The van der Waals surface area contributed by atoms with Crippen LogP contribution in [0.1, 0.15) is 6.92 Å². The Morgan fingerprint density at radius 1 is 1.47 bits per heavy atom. The molecule has 1 amide bonds. The van der Waals surface area contributed by atoms with Gasteiger partial charge in [-0.3, -0.25) is 4.79 Å². The van der Waals surface area contributed by atoms with Crippen LogP contribution in [0.3, 0.4) is 0 Å². The number of carboxylic acids is 1. The van der Waals surface area contributed by atoms with Crippen LogP contribution >= 0.6 is 23.4 Å². The second-order valence-corrected chi connectivity index (χ2v) is 4.32. The Kier molecular flexibility index (Phi) is 7.54. The van der Waals surface area contributed by atoms with E-state index in [-0.39, 0.29) is 17.5 Å². The fourth-order valence-corrected chi connectivity index (χ4v) is 2.01. The zero-order chi connectivity index (χ0) is 11.8. The number of carbonyl (C=O) groups excluding carboxylic acids is 1. The van der Waals surface area contributed by atoms with Crippen molar-refractivity contribution < 1.29 is 19.8 Å². The monoisotopic (exact) mass is 255 g/mol. The number of alkyl halides is 1. The average molecular weight is 256 g/mol. The van der Waals surface area contributed by atoms with Gasteiger partial charge in [-0.05, 0) is 0 Å². The van der Waals surface area contributed by atoms with Gasteiger partial charge in [-0.2, -0.15) is 11.8 Å². The molecule has 0 aromatic heterocycles. The predicted octanol–water partition coefficient (Wildman–Crippen LogP) is -0.0914. The number of carboxylic acid groups (broad SMARTS) is 1. The molecule has 0 saturated heterocycles. The third-order valence-corrected chi connectivity index (χ3v) is 2.99. The maximum absolute atomic E-state index is 10.7. The number of rotatable bonds is 7. The number of thioether (sulfide) groups is 1. The van der Waals surface area contributed by atoms with Crippen LogP contribution in [-0.2, 0) is 9.59 Å².